The number of amides is 2. The highest BCUT2D eigenvalue weighted by Crippen LogP contribution is 2.26. The lowest BCUT2D eigenvalue weighted by Crippen LogP contribution is -2.58. The summed E-state index contributed by atoms with van der Waals surface area (Å²) in [5.74, 6) is -0.120. The number of nitrogens with zero attached hydrogens (tertiary/aromatic N) is 2. The highest BCUT2D eigenvalue weighted by molar-refractivity contribution is 6.02. The molecular formula is C17H18N4O3. The van der Waals surface area contributed by atoms with E-state index in [1.54, 1.807) is 24.3 Å². The molecule has 0 spiro atoms. The second-order valence-electron chi connectivity index (χ2n) is 5.41. The number of para-hydroxylation sites is 1. The van der Waals surface area contributed by atoms with Crippen molar-refractivity contribution in [2.45, 2.75) is 6.54 Å². The molecule has 0 radical (unpaired) electrons. The average Bonchev–Trinajstić information content (AvgIpc) is 2.59. The third-order valence-corrected chi connectivity index (χ3v) is 3.70. The Bertz CT molecular complexity index is 778. The summed E-state index contributed by atoms with van der Waals surface area (Å²) in [4.78, 5) is 23.7. The van der Waals surface area contributed by atoms with Crippen LogP contribution in [-0.4, -0.2) is 30.5 Å². The van der Waals surface area contributed by atoms with Gasteiger partial charge < -0.3 is 10.5 Å². The van der Waals surface area contributed by atoms with Crippen molar-refractivity contribution >= 4 is 17.5 Å². The Balaban J connectivity index is 1.92. The Labute approximate surface area is 139 Å². The lowest BCUT2D eigenvalue weighted by molar-refractivity contribution is -0.119. The first-order valence-corrected chi connectivity index (χ1v) is 7.44. The molecule has 0 aliphatic carbocycles. The van der Waals surface area contributed by atoms with Crippen molar-refractivity contribution in [2.24, 2.45) is 5.73 Å². The monoisotopic (exact) mass is 326 g/mol. The average molecular weight is 326 g/mol. The first-order valence-electron chi connectivity index (χ1n) is 7.44. The topological polar surface area (TPSA) is 87.9 Å². The van der Waals surface area contributed by atoms with Gasteiger partial charge >= 0.3 is 0 Å². The van der Waals surface area contributed by atoms with Gasteiger partial charge in [0.15, 0.2) is 0 Å². The smallest absolute Gasteiger partial charge is 0.272 e. The number of hydrogen-bond donors (Lipinski definition) is 2. The van der Waals surface area contributed by atoms with E-state index in [1.807, 2.05) is 36.4 Å². The van der Waals surface area contributed by atoms with Crippen LogP contribution in [0.25, 0.3) is 0 Å². The van der Waals surface area contributed by atoms with Gasteiger partial charge in [0.1, 0.15) is 12.3 Å². The number of methoxy groups -OCH3 is 1. The van der Waals surface area contributed by atoms with Crippen molar-refractivity contribution in [3.05, 3.63) is 59.7 Å². The van der Waals surface area contributed by atoms with Gasteiger partial charge in [0.05, 0.1) is 24.9 Å². The van der Waals surface area contributed by atoms with E-state index in [0.717, 1.165) is 17.0 Å². The van der Waals surface area contributed by atoms with Gasteiger partial charge in [-0.2, -0.15) is 0 Å². The van der Waals surface area contributed by atoms with Gasteiger partial charge in [0.25, 0.3) is 5.91 Å². The van der Waals surface area contributed by atoms with Crippen molar-refractivity contribution in [2.75, 3.05) is 18.7 Å². The third-order valence-electron chi connectivity index (χ3n) is 3.70. The molecule has 2 aromatic carbocycles. The Morgan fingerprint density at radius 2 is 1.96 bits per heavy atom. The van der Waals surface area contributed by atoms with Crippen molar-refractivity contribution in [3.8, 4) is 5.75 Å². The van der Waals surface area contributed by atoms with Crippen LogP contribution in [-0.2, 0) is 11.3 Å². The molecule has 1 heterocycles. The summed E-state index contributed by atoms with van der Waals surface area (Å²) in [5, 5.41) is 3.01. The molecule has 3 N–H and O–H groups in total. The second-order valence-corrected chi connectivity index (χ2v) is 5.41. The minimum Gasteiger partial charge on any atom is -0.497 e. The number of nitrogens with two attached hydrogens (primary N) is 1. The number of benzene rings is 2. The number of ether oxygens (including phenoxy) is 1. The van der Waals surface area contributed by atoms with Crippen molar-refractivity contribution in [1.29, 1.82) is 0 Å². The molecule has 0 aromatic heterocycles. The highest BCUT2D eigenvalue weighted by Gasteiger charge is 2.29. The first kappa shape index (κ1) is 15.8. The molecule has 3 rings (SSSR count). The van der Waals surface area contributed by atoms with E-state index in [9.17, 15) is 9.59 Å². The quantitative estimate of drug-likeness (QED) is 0.858. The minimum absolute atomic E-state index is 0.207. The predicted molar refractivity (Wildman–Crippen MR) is 89.0 cm³/mol. The molecule has 7 nitrogen and oxygen atoms in total. The molecule has 0 bridgehead atoms. The number of nitrogens with one attached hydrogen (secondary N) is 1. The zero-order valence-corrected chi connectivity index (χ0v) is 13.2. The van der Waals surface area contributed by atoms with E-state index >= 15 is 0 Å². The molecule has 0 unspecified atom stereocenters. The molecule has 0 saturated heterocycles. The summed E-state index contributed by atoms with van der Waals surface area (Å²) in [6.45, 7) is 0.276. The molecule has 1 aliphatic rings. The zero-order valence-electron chi connectivity index (χ0n) is 13.2. The van der Waals surface area contributed by atoms with Gasteiger partial charge in [-0.05, 0) is 29.8 Å². The molecule has 2 amide bonds. The summed E-state index contributed by atoms with van der Waals surface area (Å²) in [7, 11) is 1.61. The van der Waals surface area contributed by atoms with E-state index in [-0.39, 0.29) is 12.5 Å². The van der Waals surface area contributed by atoms with Crippen LogP contribution in [0.5, 0.6) is 5.75 Å². The van der Waals surface area contributed by atoms with Crippen LogP contribution in [0, 0.1) is 0 Å². The van der Waals surface area contributed by atoms with Crippen LogP contribution >= 0.6 is 0 Å². The van der Waals surface area contributed by atoms with Crippen LogP contribution in [0.3, 0.4) is 0 Å². The van der Waals surface area contributed by atoms with Crippen LogP contribution in [0.1, 0.15) is 15.9 Å². The number of hydrazine groups is 2. The fourth-order valence-electron chi connectivity index (χ4n) is 2.62. The first-order chi connectivity index (χ1) is 11.6. The maximum absolute atomic E-state index is 12.5. The normalized spacial score (nSPS) is 13.6. The molecule has 0 fully saturated rings. The van der Waals surface area contributed by atoms with E-state index in [2.05, 4.69) is 5.53 Å². The van der Waals surface area contributed by atoms with Gasteiger partial charge in [-0.15, -0.1) is 5.53 Å². The Kier molecular flexibility index (Phi) is 4.35. The molecular weight excluding hydrogens is 308 g/mol. The van der Waals surface area contributed by atoms with Crippen LogP contribution < -0.4 is 21.0 Å². The summed E-state index contributed by atoms with van der Waals surface area (Å²) >= 11 is 0. The number of primary amides is 1. The highest BCUT2D eigenvalue weighted by atomic mass is 16.5. The number of carbonyl (C=O) groups is 2. The maximum atomic E-state index is 12.5. The predicted octanol–water partition coefficient (Wildman–Crippen LogP) is 1.06. The lowest BCUT2D eigenvalue weighted by Gasteiger charge is -2.38. The van der Waals surface area contributed by atoms with Crippen molar-refractivity contribution < 1.29 is 14.3 Å². The Hall–Kier alpha value is -3.06. The number of carbonyl (C=O) groups excluding carboxylic acids is 2. The lowest BCUT2D eigenvalue weighted by atomic mass is 10.1. The summed E-state index contributed by atoms with van der Waals surface area (Å²) in [6, 6.07) is 14.9. The number of hydrogen-bond acceptors (Lipinski definition) is 5. The third kappa shape index (κ3) is 3.16. The van der Waals surface area contributed by atoms with E-state index in [4.69, 9.17) is 10.5 Å². The fourth-order valence-corrected chi connectivity index (χ4v) is 2.62. The summed E-state index contributed by atoms with van der Waals surface area (Å²) in [5.41, 5.74) is 10.4. The Morgan fingerprint density at radius 1 is 1.17 bits per heavy atom. The van der Waals surface area contributed by atoms with Crippen LogP contribution in [0.4, 0.5) is 5.69 Å². The second kappa shape index (κ2) is 6.59. The fraction of sp³-hybridized carbons (Fsp3) is 0.176. The SMILES string of the molecule is COc1cccc(CN2NN(CC(N)=O)C(=O)c3ccccc32)c1. The Morgan fingerprint density at radius 3 is 2.71 bits per heavy atom. The van der Waals surface area contributed by atoms with Crippen molar-refractivity contribution in [1.82, 2.24) is 10.5 Å². The van der Waals surface area contributed by atoms with E-state index in [0.29, 0.717) is 12.1 Å². The summed E-state index contributed by atoms with van der Waals surface area (Å²) < 4.78 is 5.24. The van der Waals surface area contributed by atoms with Crippen LogP contribution in [0.2, 0.25) is 0 Å². The van der Waals surface area contributed by atoms with Crippen LogP contribution in [0.15, 0.2) is 48.5 Å². The van der Waals surface area contributed by atoms with Crippen molar-refractivity contribution in [3.63, 3.8) is 0 Å². The largest absolute Gasteiger partial charge is 0.497 e. The van der Waals surface area contributed by atoms with E-state index < -0.39 is 5.91 Å². The number of rotatable bonds is 5. The maximum Gasteiger partial charge on any atom is 0.272 e. The summed E-state index contributed by atoms with van der Waals surface area (Å²) in [6.07, 6.45) is 0. The van der Waals surface area contributed by atoms with Gasteiger partial charge in [-0.3, -0.25) is 14.6 Å². The van der Waals surface area contributed by atoms with Gasteiger partial charge in [-0.25, -0.2) is 5.01 Å². The molecule has 7 heteroatoms. The molecule has 124 valence electrons. The molecule has 0 saturated carbocycles. The molecule has 24 heavy (non-hydrogen) atoms. The number of fused-ring (bicyclic) bond motifs is 1. The van der Waals surface area contributed by atoms with Gasteiger partial charge in [0.2, 0.25) is 5.91 Å². The minimum atomic E-state index is -0.587. The molecule has 2 aromatic rings. The standard InChI is InChI=1S/C17H18N4O3/c1-24-13-6-4-5-12(9-13)10-20-15-8-3-2-7-14(15)17(23)21(19-20)11-16(18)22/h2-9,19H,10-11H2,1H3,(H2,18,22). The van der Waals surface area contributed by atoms with Gasteiger partial charge in [-0.1, -0.05) is 24.3 Å². The number of anilines is 1. The van der Waals surface area contributed by atoms with E-state index in [1.165, 1.54) is 5.01 Å². The van der Waals surface area contributed by atoms with Gasteiger partial charge in [0, 0.05) is 0 Å². The molecule has 0 atom stereocenters. The molecule has 1 aliphatic heterocycles. The zero-order chi connectivity index (χ0) is 17.1.